The van der Waals surface area contributed by atoms with Crippen LogP contribution in [-0.2, 0) is 0 Å². The smallest absolute Gasteiger partial charge is 0.291 e. The van der Waals surface area contributed by atoms with Crippen LogP contribution in [0.5, 0.6) is 0 Å². The molecule has 1 aromatic heterocycles. The number of nitrogens with one attached hydrogen (secondary N) is 1. The first kappa shape index (κ1) is 12.2. The van der Waals surface area contributed by atoms with Crippen molar-refractivity contribution < 1.29 is 9.21 Å². The van der Waals surface area contributed by atoms with Crippen molar-refractivity contribution in [3.63, 3.8) is 0 Å². The van der Waals surface area contributed by atoms with Crippen LogP contribution < -0.4 is 5.32 Å². The van der Waals surface area contributed by atoms with E-state index in [4.69, 9.17) is 4.42 Å². The number of benzene rings is 2. The highest BCUT2D eigenvalue weighted by atomic mass is 127. The zero-order valence-electron chi connectivity index (χ0n) is 9.89. The first-order chi connectivity index (χ1) is 9.24. The van der Waals surface area contributed by atoms with E-state index in [1.165, 1.54) is 0 Å². The second-order valence-corrected chi connectivity index (χ2v) is 5.15. The normalized spacial score (nSPS) is 10.6. The van der Waals surface area contributed by atoms with Gasteiger partial charge >= 0.3 is 0 Å². The third-order valence-electron chi connectivity index (χ3n) is 2.83. The molecule has 19 heavy (non-hydrogen) atoms. The molecule has 0 fully saturated rings. The molecule has 0 radical (unpaired) electrons. The summed E-state index contributed by atoms with van der Waals surface area (Å²) in [4.78, 5) is 12.1. The van der Waals surface area contributed by atoms with Crippen molar-refractivity contribution >= 4 is 45.0 Å². The Morgan fingerprint density at radius 1 is 1.00 bits per heavy atom. The van der Waals surface area contributed by atoms with Crippen molar-refractivity contribution in [1.82, 2.24) is 0 Å². The number of carbonyl (C=O) groups is 1. The molecule has 0 aliphatic heterocycles. The van der Waals surface area contributed by atoms with E-state index >= 15 is 0 Å². The summed E-state index contributed by atoms with van der Waals surface area (Å²) < 4.78 is 6.00. The number of hydrogen-bond donors (Lipinski definition) is 1. The Morgan fingerprint density at radius 3 is 2.58 bits per heavy atom. The van der Waals surface area contributed by atoms with E-state index in [1.807, 2.05) is 65.1 Å². The van der Waals surface area contributed by atoms with Gasteiger partial charge in [-0.3, -0.25) is 4.79 Å². The minimum Gasteiger partial charge on any atom is -0.445 e. The van der Waals surface area contributed by atoms with E-state index in [-0.39, 0.29) is 5.91 Å². The molecule has 0 aliphatic carbocycles. The number of anilines is 1. The van der Waals surface area contributed by atoms with Crippen LogP contribution in [0.1, 0.15) is 10.6 Å². The Morgan fingerprint density at radius 2 is 1.79 bits per heavy atom. The van der Waals surface area contributed by atoms with Crippen molar-refractivity contribution in [1.29, 1.82) is 0 Å². The molecule has 0 saturated carbocycles. The minimum atomic E-state index is -0.237. The van der Waals surface area contributed by atoms with Gasteiger partial charge in [0.05, 0.1) is 0 Å². The molecule has 1 amide bonds. The number of amides is 1. The summed E-state index contributed by atoms with van der Waals surface area (Å²) >= 11 is 2.03. The van der Waals surface area contributed by atoms with Gasteiger partial charge in [0.1, 0.15) is 0 Å². The first-order valence-electron chi connectivity index (χ1n) is 5.78. The lowest BCUT2D eigenvalue weighted by Crippen LogP contribution is -2.11. The Balaban J connectivity index is 1.95. The highest BCUT2D eigenvalue weighted by Crippen LogP contribution is 2.23. The van der Waals surface area contributed by atoms with Crippen LogP contribution in [-0.4, -0.2) is 5.91 Å². The van der Waals surface area contributed by atoms with E-state index in [0.29, 0.717) is 9.53 Å². The maximum Gasteiger partial charge on any atom is 0.291 e. The van der Waals surface area contributed by atoms with Gasteiger partial charge in [-0.05, 0) is 46.2 Å². The molecular weight excluding hydrogens is 353 g/mol. The van der Waals surface area contributed by atoms with Crippen molar-refractivity contribution in [2.45, 2.75) is 0 Å². The van der Waals surface area contributed by atoms with Gasteiger partial charge in [-0.15, -0.1) is 0 Å². The zero-order chi connectivity index (χ0) is 13.2. The van der Waals surface area contributed by atoms with E-state index < -0.39 is 0 Å². The lowest BCUT2D eigenvalue weighted by Gasteiger charge is -2.07. The van der Waals surface area contributed by atoms with Crippen LogP contribution in [0.4, 0.5) is 5.69 Å². The summed E-state index contributed by atoms with van der Waals surface area (Å²) in [5, 5.41) is 4.98. The molecule has 3 aromatic rings. The van der Waals surface area contributed by atoms with Gasteiger partial charge in [0.15, 0.2) is 9.53 Å². The average molecular weight is 363 g/mol. The number of fused-ring (bicyclic) bond motifs is 1. The van der Waals surface area contributed by atoms with Crippen LogP contribution >= 0.6 is 22.6 Å². The number of hydrogen-bond acceptors (Lipinski definition) is 2. The second-order valence-electron chi connectivity index (χ2n) is 4.08. The lowest BCUT2D eigenvalue weighted by atomic mass is 10.1. The average Bonchev–Trinajstić information content (AvgIpc) is 2.86. The van der Waals surface area contributed by atoms with Crippen molar-refractivity contribution in [2.24, 2.45) is 0 Å². The number of rotatable bonds is 2. The highest BCUT2D eigenvalue weighted by molar-refractivity contribution is 14.1. The minimum absolute atomic E-state index is 0.237. The summed E-state index contributed by atoms with van der Waals surface area (Å²) in [5.74, 6) is 0.0802. The van der Waals surface area contributed by atoms with Crippen LogP contribution in [0.15, 0.2) is 59.0 Å². The van der Waals surface area contributed by atoms with E-state index in [0.717, 1.165) is 16.5 Å². The fourth-order valence-electron chi connectivity index (χ4n) is 1.95. The zero-order valence-corrected chi connectivity index (χ0v) is 12.0. The summed E-state index contributed by atoms with van der Waals surface area (Å²) in [6.07, 6.45) is 0. The van der Waals surface area contributed by atoms with E-state index in [1.54, 1.807) is 12.1 Å². The van der Waals surface area contributed by atoms with Crippen LogP contribution in [0.2, 0.25) is 0 Å². The fourth-order valence-corrected chi connectivity index (χ4v) is 2.37. The quantitative estimate of drug-likeness (QED) is 0.691. The number of carbonyl (C=O) groups excluding carboxylic acids is 1. The topological polar surface area (TPSA) is 42.2 Å². The molecule has 3 nitrogen and oxygen atoms in total. The molecule has 0 saturated heterocycles. The molecule has 1 heterocycles. The molecule has 1 N–H and O–H groups in total. The van der Waals surface area contributed by atoms with Gasteiger partial charge in [-0.25, -0.2) is 0 Å². The molecule has 0 bridgehead atoms. The molecule has 0 spiro atoms. The van der Waals surface area contributed by atoms with E-state index in [2.05, 4.69) is 5.32 Å². The molecular formula is C15H10INO2. The highest BCUT2D eigenvalue weighted by Gasteiger charge is 2.11. The van der Waals surface area contributed by atoms with Crippen LogP contribution in [0.25, 0.3) is 10.8 Å². The predicted molar refractivity (Wildman–Crippen MR) is 83.3 cm³/mol. The summed E-state index contributed by atoms with van der Waals surface area (Å²) in [5.41, 5.74) is 0.787. The molecule has 3 rings (SSSR count). The van der Waals surface area contributed by atoms with Gasteiger partial charge < -0.3 is 9.73 Å². The SMILES string of the molecule is O=C(Nc1cccc2ccccc12)c1ccc(I)o1. The Hall–Kier alpha value is -1.82. The largest absolute Gasteiger partial charge is 0.445 e. The lowest BCUT2D eigenvalue weighted by molar-refractivity contribution is 0.0995. The molecule has 0 aliphatic rings. The van der Waals surface area contributed by atoms with Gasteiger partial charge in [-0.2, -0.15) is 0 Å². The van der Waals surface area contributed by atoms with Crippen molar-refractivity contribution in [3.05, 3.63) is 64.1 Å². The van der Waals surface area contributed by atoms with Gasteiger partial charge in [0, 0.05) is 11.1 Å². The third-order valence-corrected chi connectivity index (χ3v) is 3.41. The standard InChI is InChI=1S/C15H10INO2/c16-14-9-8-13(19-14)15(18)17-12-7-3-5-10-4-1-2-6-11(10)12/h1-9H,(H,17,18). The van der Waals surface area contributed by atoms with Crippen molar-refractivity contribution in [3.8, 4) is 0 Å². The van der Waals surface area contributed by atoms with Gasteiger partial charge in [0.2, 0.25) is 0 Å². The van der Waals surface area contributed by atoms with Crippen molar-refractivity contribution in [2.75, 3.05) is 5.32 Å². The summed E-state index contributed by atoms with van der Waals surface area (Å²) in [7, 11) is 0. The monoisotopic (exact) mass is 363 g/mol. The Labute approximate surface area is 123 Å². The van der Waals surface area contributed by atoms with E-state index in [9.17, 15) is 4.79 Å². The molecule has 4 heteroatoms. The summed E-state index contributed by atoms with van der Waals surface area (Å²) in [6.45, 7) is 0. The van der Waals surface area contributed by atoms with Crippen LogP contribution in [0, 0.1) is 3.77 Å². The van der Waals surface area contributed by atoms with Crippen LogP contribution in [0.3, 0.4) is 0 Å². The predicted octanol–water partition coefficient (Wildman–Crippen LogP) is 4.29. The molecule has 2 aromatic carbocycles. The molecule has 94 valence electrons. The summed E-state index contributed by atoms with van der Waals surface area (Å²) in [6, 6.07) is 17.2. The number of furan rings is 1. The van der Waals surface area contributed by atoms with Gasteiger partial charge in [-0.1, -0.05) is 36.4 Å². The van der Waals surface area contributed by atoms with Gasteiger partial charge in [0.25, 0.3) is 5.91 Å². The second kappa shape index (κ2) is 5.05. The third kappa shape index (κ3) is 2.49. The first-order valence-corrected chi connectivity index (χ1v) is 6.86. The maximum atomic E-state index is 12.1. The fraction of sp³-hybridized carbons (Fsp3) is 0. The molecule has 0 unspecified atom stereocenters. The number of halogens is 1. The Bertz CT molecular complexity index is 743. The maximum absolute atomic E-state index is 12.1. The Kier molecular flexibility index (Phi) is 3.25. The molecule has 0 atom stereocenters.